The summed E-state index contributed by atoms with van der Waals surface area (Å²) in [4.78, 5) is 38.0. The molecule has 1 saturated heterocycles. The number of rotatable bonds is 9. The third-order valence-electron chi connectivity index (χ3n) is 8.20. The van der Waals surface area contributed by atoms with E-state index in [2.05, 4.69) is 0 Å². The number of aliphatic hydroxyl groups is 1. The van der Waals surface area contributed by atoms with E-state index >= 15 is 0 Å². The Morgan fingerprint density at radius 1 is 1.00 bits per heavy atom. The highest BCUT2D eigenvalue weighted by atomic mass is 16.7. The Morgan fingerprint density at radius 2 is 1.70 bits per heavy atom. The second-order valence-corrected chi connectivity index (χ2v) is 12.0. The molecule has 4 atom stereocenters. The lowest BCUT2D eigenvalue weighted by Gasteiger charge is -2.47. The van der Waals surface area contributed by atoms with Crippen molar-refractivity contribution in [2.24, 2.45) is 5.73 Å². The van der Waals surface area contributed by atoms with Crippen LogP contribution in [-0.2, 0) is 20.6 Å². The SMILES string of the molecule is CO[C@@H]1[C@@H](OC(N)=O)[C@@H](O)[C@H](Oc2ccc3c(O)c(CC(=O)c4ccc(C)c(Oc5ccc(C)cc5)c4)c(=O)oc3c2C)OC1(C)C. The molecule has 5 rings (SSSR count). The Bertz CT molecular complexity index is 1880. The van der Waals surface area contributed by atoms with Gasteiger partial charge in [-0.05, 0) is 70.5 Å². The third-order valence-corrected chi connectivity index (χ3v) is 8.20. The van der Waals surface area contributed by atoms with Crippen molar-refractivity contribution in [2.45, 2.75) is 71.2 Å². The highest BCUT2D eigenvalue weighted by Crippen LogP contribution is 2.38. The second kappa shape index (κ2) is 13.1. The summed E-state index contributed by atoms with van der Waals surface area (Å²) < 4.78 is 34.1. The lowest BCUT2D eigenvalue weighted by molar-refractivity contribution is -0.304. The molecule has 0 bridgehead atoms. The summed E-state index contributed by atoms with van der Waals surface area (Å²) in [5, 5.41) is 22.3. The van der Waals surface area contributed by atoms with Crippen molar-refractivity contribution in [3.63, 3.8) is 0 Å². The van der Waals surface area contributed by atoms with Gasteiger partial charge in [0, 0.05) is 24.7 Å². The number of carbonyl (C=O) groups excluding carboxylic acids is 2. The van der Waals surface area contributed by atoms with Gasteiger partial charge in [0.25, 0.3) is 0 Å². The molecule has 2 heterocycles. The zero-order valence-electron chi connectivity index (χ0n) is 26.9. The minimum atomic E-state index is -1.51. The molecule has 1 aliphatic rings. The second-order valence-electron chi connectivity index (χ2n) is 12.0. The average Bonchev–Trinajstić information content (AvgIpc) is 3.01. The number of hydrogen-bond acceptors (Lipinski definition) is 11. The molecular weight excluding hydrogens is 610 g/mol. The fraction of sp³-hybridized carbons (Fsp3) is 0.343. The van der Waals surface area contributed by atoms with Crippen LogP contribution in [0.15, 0.2) is 63.8 Å². The van der Waals surface area contributed by atoms with Gasteiger partial charge in [0.2, 0.25) is 6.29 Å². The summed E-state index contributed by atoms with van der Waals surface area (Å²) in [6.45, 7) is 8.75. The highest BCUT2D eigenvalue weighted by Gasteiger charge is 2.53. The van der Waals surface area contributed by atoms with E-state index in [9.17, 15) is 24.6 Å². The smallest absolute Gasteiger partial charge is 0.404 e. The summed E-state index contributed by atoms with van der Waals surface area (Å²) >= 11 is 0. The van der Waals surface area contributed by atoms with Crippen LogP contribution in [0.25, 0.3) is 11.0 Å². The summed E-state index contributed by atoms with van der Waals surface area (Å²) in [7, 11) is 1.38. The average molecular weight is 648 g/mol. The first-order valence-electron chi connectivity index (χ1n) is 14.9. The molecule has 0 radical (unpaired) electrons. The molecule has 0 aliphatic carbocycles. The van der Waals surface area contributed by atoms with Gasteiger partial charge < -0.3 is 44.0 Å². The number of primary amides is 1. The zero-order valence-corrected chi connectivity index (χ0v) is 26.9. The van der Waals surface area contributed by atoms with Crippen LogP contribution in [0.1, 0.15) is 46.5 Å². The molecule has 0 unspecified atom stereocenters. The molecule has 0 spiro atoms. The van der Waals surface area contributed by atoms with Gasteiger partial charge >= 0.3 is 11.7 Å². The fourth-order valence-electron chi connectivity index (χ4n) is 5.64. The maximum Gasteiger partial charge on any atom is 0.404 e. The molecule has 1 amide bonds. The molecule has 4 N–H and O–H groups in total. The first-order chi connectivity index (χ1) is 22.2. The van der Waals surface area contributed by atoms with E-state index in [0.717, 1.165) is 11.1 Å². The van der Waals surface area contributed by atoms with Crippen LogP contribution in [0, 0.1) is 20.8 Å². The van der Waals surface area contributed by atoms with Gasteiger partial charge in [0.1, 0.15) is 34.7 Å². The van der Waals surface area contributed by atoms with Crippen molar-refractivity contribution >= 4 is 22.8 Å². The lowest BCUT2D eigenvalue weighted by Crippen LogP contribution is -2.65. The highest BCUT2D eigenvalue weighted by molar-refractivity contribution is 5.99. The molecule has 1 fully saturated rings. The summed E-state index contributed by atoms with van der Waals surface area (Å²) in [5.74, 6) is 0.415. The first kappa shape index (κ1) is 33.5. The van der Waals surface area contributed by atoms with Crippen LogP contribution in [0.3, 0.4) is 0 Å². The maximum atomic E-state index is 13.3. The number of aliphatic hydroxyl groups excluding tert-OH is 1. The van der Waals surface area contributed by atoms with Gasteiger partial charge in [-0.2, -0.15) is 0 Å². The van der Waals surface area contributed by atoms with Crippen LogP contribution >= 0.6 is 0 Å². The molecule has 1 aliphatic heterocycles. The van der Waals surface area contributed by atoms with Gasteiger partial charge in [-0.25, -0.2) is 9.59 Å². The molecule has 248 valence electrons. The van der Waals surface area contributed by atoms with Crippen LogP contribution in [0.2, 0.25) is 0 Å². The van der Waals surface area contributed by atoms with E-state index in [1.54, 1.807) is 39.0 Å². The molecule has 0 saturated carbocycles. The normalized spacial score (nSPS) is 20.5. The Balaban J connectivity index is 1.40. The van der Waals surface area contributed by atoms with Crippen molar-refractivity contribution in [2.75, 3.05) is 7.11 Å². The number of ketones is 1. The van der Waals surface area contributed by atoms with Gasteiger partial charge in [-0.1, -0.05) is 29.8 Å². The fourth-order valence-corrected chi connectivity index (χ4v) is 5.64. The summed E-state index contributed by atoms with van der Waals surface area (Å²) in [5.41, 5.74) is 5.53. The van der Waals surface area contributed by atoms with Gasteiger partial charge in [-0.15, -0.1) is 0 Å². The number of carbonyl (C=O) groups is 2. The molecule has 3 aromatic carbocycles. The molecular formula is C35H37NO11. The predicted molar refractivity (Wildman–Crippen MR) is 170 cm³/mol. The number of fused-ring (bicyclic) bond motifs is 1. The van der Waals surface area contributed by atoms with E-state index < -0.39 is 59.9 Å². The van der Waals surface area contributed by atoms with Crippen molar-refractivity contribution in [1.82, 2.24) is 0 Å². The molecule has 47 heavy (non-hydrogen) atoms. The third kappa shape index (κ3) is 6.80. The van der Waals surface area contributed by atoms with Crippen molar-refractivity contribution in [3.8, 4) is 23.0 Å². The van der Waals surface area contributed by atoms with Crippen molar-refractivity contribution in [1.29, 1.82) is 0 Å². The van der Waals surface area contributed by atoms with Crippen molar-refractivity contribution in [3.05, 3.63) is 92.8 Å². The number of benzene rings is 3. The van der Waals surface area contributed by atoms with E-state index in [0.29, 0.717) is 22.6 Å². The Morgan fingerprint density at radius 3 is 2.36 bits per heavy atom. The minimum Gasteiger partial charge on any atom is -0.507 e. The van der Waals surface area contributed by atoms with Crippen LogP contribution in [0.5, 0.6) is 23.0 Å². The Labute approximate surface area is 270 Å². The van der Waals surface area contributed by atoms with Crippen LogP contribution in [0.4, 0.5) is 4.79 Å². The molecule has 1 aromatic heterocycles. The molecule has 4 aromatic rings. The molecule has 12 nitrogen and oxygen atoms in total. The summed E-state index contributed by atoms with van der Waals surface area (Å²) in [6, 6.07) is 15.4. The topological polar surface area (TPSA) is 177 Å². The van der Waals surface area contributed by atoms with Crippen LogP contribution < -0.4 is 20.8 Å². The number of nitrogens with two attached hydrogens (primary N) is 1. The van der Waals surface area contributed by atoms with Gasteiger partial charge in [-0.3, -0.25) is 4.79 Å². The number of amides is 1. The van der Waals surface area contributed by atoms with Crippen LogP contribution in [-0.4, -0.2) is 59.4 Å². The number of aromatic hydroxyl groups is 1. The first-order valence-corrected chi connectivity index (χ1v) is 14.9. The van der Waals surface area contributed by atoms with E-state index in [-0.39, 0.29) is 22.3 Å². The number of ether oxygens (including phenoxy) is 5. The van der Waals surface area contributed by atoms with E-state index in [1.165, 1.54) is 19.2 Å². The predicted octanol–water partition coefficient (Wildman–Crippen LogP) is 5.00. The Kier molecular flexibility index (Phi) is 9.30. The van der Waals surface area contributed by atoms with E-state index in [1.807, 2.05) is 38.1 Å². The minimum absolute atomic E-state index is 0.00887. The summed E-state index contributed by atoms with van der Waals surface area (Å²) in [6.07, 6.45) is -6.47. The van der Waals surface area contributed by atoms with Crippen molar-refractivity contribution < 1.29 is 47.9 Å². The Hall–Kier alpha value is -4.91. The number of hydrogen-bond donors (Lipinski definition) is 3. The number of methoxy groups -OCH3 is 1. The number of aryl methyl sites for hydroxylation is 3. The monoisotopic (exact) mass is 647 g/mol. The molecule has 12 heteroatoms. The largest absolute Gasteiger partial charge is 0.507 e. The standard InChI is InChI=1S/C35H37NO11/c1-17-7-11-21(12-8-17)43-26-15-20(10-9-18(26)2)24(37)16-23-27(38)22-13-14-25(19(3)29(22)45-32(23)40)44-33-28(39)30(46-34(36)41)31(42-6)35(4,5)47-33/h7-15,28,30-31,33,38-39H,16H2,1-6H3,(H2,36,41)/t28-,30+,31-,33-/m1/s1. The maximum absolute atomic E-state index is 13.3. The van der Waals surface area contributed by atoms with Gasteiger partial charge in [0.15, 0.2) is 18.0 Å². The van der Waals surface area contributed by atoms with Gasteiger partial charge in [0.05, 0.1) is 16.6 Å². The number of Topliss-reactive ketones (excluding diaryl/α,β-unsaturated/α-hetero) is 1. The lowest BCUT2D eigenvalue weighted by atomic mass is 9.89. The zero-order chi connectivity index (χ0) is 34.2. The van der Waals surface area contributed by atoms with E-state index in [4.69, 9.17) is 33.8 Å². The quantitative estimate of drug-likeness (QED) is 0.165.